The standard InChI is InChI=1S/C26H26F3N5O2S.2C2H6/c27-26(28,29)17-31-25(35)23-12-19(16-37-23)22-14-32-34-15-20(13-30-24(22)34)18-4-6-21(7-5-18)36-11-10-33-8-2-1-3-9-33;2*1-2/h4-7,12-16H,1-3,8-11,17H2,(H,31,35);2*1-2H3. The molecular formula is C30H38F3N5O2S. The Labute approximate surface area is 243 Å². The van der Waals surface area contributed by atoms with Gasteiger partial charge >= 0.3 is 6.18 Å². The summed E-state index contributed by atoms with van der Waals surface area (Å²) in [6.45, 7) is 10.5. The molecule has 4 heterocycles. The summed E-state index contributed by atoms with van der Waals surface area (Å²) in [6.07, 6.45) is 4.63. The second-order valence-corrected chi connectivity index (χ2v) is 9.85. The lowest BCUT2D eigenvalue weighted by Crippen LogP contribution is -2.33. The third kappa shape index (κ3) is 9.02. The second-order valence-electron chi connectivity index (χ2n) is 8.94. The number of amides is 1. The van der Waals surface area contributed by atoms with E-state index < -0.39 is 18.6 Å². The topological polar surface area (TPSA) is 71.8 Å². The van der Waals surface area contributed by atoms with E-state index in [1.165, 1.54) is 19.3 Å². The first-order chi connectivity index (χ1) is 19.9. The molecule has 222 valence electrons. The first-order valence-electron chi connectivity index (χ1n) is 14.1. The molecule has 0 unspecified atom stereocenters. The summed E-state index contributed by atoms with van der Waals surface area (Å²) in [5.74, 6) is 0.0583. The number of fused-ring (bicyclic) bond motifs is 1. The zero-order valence-electron chi connectivity index (χ0n) is 24.0. The van der Waals surface area contributed by atoms with E-state index in [1.54, 1.807) is 28.4 Å². The third-order valence-electron chi connectivity index (χ3n) is 6.25. The van der Waals surface area contributed by atoms with Crippen molar-refractivity contribution in [2.45, 2.75) is 53.1 Å². The van der Waals surface area contributed by atoms with Gasteiger partial charge in [-0.15, -0.1) is 11.3 Å². The minimum absolute atomic E-state index is 0.188. The van der Waals surface area contributed by atoms with Crippen LogP contribution < -0.4 is 10.1 Å². The quantitative estimate of drug-likeness (QED) is 0.233. The minimum atomic E-state index is -4.46. The van der Waals surface area contributed by atoms with Gasteiger partial charge in [0.15, 0.2) is 5.65 Å². The number of carbonyl (C=O) groups is 1. The Morgan fingerprint density at radius 3 is 2.39 bits per heavy atom. The number of hydrogen-bond donors (Lipinski definition) is 1. The first kappa shape index (κ1) is 32.1. The van der Waals surface area contributed by atoms with Crippen LogP contribution in [0.1, 0.15) is 56.6 Å². The van der Waals surface area contributed by atoms with E-state index in [-0.39, 0.29) is 4.88 Å². The highest BCUT2D eigenvalue weighted by atomic mass is 32.1. The van der Waals surface area contributed by atoms with Gasteiger partial charge < -0.3 is 10.1 Å². The zero-order chi connectivity index (χ0) is 29.8. The molecule has 1 N–H and O–H groups in total. The maximum Gasteiger partial charge on any atom is 0.405 e. The highest BCUT2D eigenvalue weighted by Gasteiger charge is 2.28. The van der Waals surface area contributed by atoms with Crippen LogP contribution in [-0.2, 0) is 0 Å². The van der Waals surface area contributed by atoms with Gasteiger partial charge in [0, 0.05) is 30.1 Å². The molecule has 41 heavy (non-hydrogen) atoms. The molecule has 0 aliphatic carbocycles. The Kier molecular flexibility index (Phi) is 12.2. The van der Waals surface area contributed by atoms with Gasteiger partial charge in [-0.2, -0.15) is 18.3 Å². The number of ether oxygens (including phenoxy) is 1. The molecule has 7 nitrogen and oxygen atoms in total. The van der Waals surface area contributed by atoms with Crippen LogP contribution in [-0.4, -0.2) is 64.4 Å². The van der Waals surface area contributed by atoms with E-state index in [0.29, 0.717) is 23.4 Å². The van der Waals surface area contributed by atoms with Gasteiger partial charge in [0.2, 0.25) is 0 Å². The molecule has 1 saturated heterocycles. The third-order valence-corrected chi connectivity index (χ3v) is 7.18. The van der Waals surface area contributed by atoms with Crippen LogP contribution in [0.25, 0.3) is 27.9 Å². The summed E-state index contributed by atoms with van der Waals surface area (Å²) in [5, 5.41) is 7.98. The number of hydrogen-bond acceptors (Lipinski definition) is 6. The van der Waals surface area contributed by atoms with E-state index >= 15 is 0 Å². The average Bonchev–Trinajstić information content (AvgIpc) is 3.66. The molecule has 0 atom stereocenters. The Balaban J connectivity index is 0.00000111. The minimum Gasteiger partial charge on any atom is -0.492 e. The molecule has 5 rings (SSSR count). The number of carbonyl (C=O) groups excluding carboxylic acids is 1. The van der Waals surface area contributed by atoms with E-state index in [0.717, 1.165) is 47.8 Å². The van der Waals surface area contributed by atoms with Gasteiger partial charge in [-0.25, -0.2) is 9.50 Å². The predicted octanol–water partition coefficient (Wildman–Crippen LogP) is 7.33. The van der Waals surface area contributed by atoms with Gasteiger partial charge in [-0.3, -0.25) is 9.69 Å². The van der Waals surface area contributed by atoms with E-state index in [9.17, 15) is 18.0 Å². The smallest absolute Gasteiger partial charge is 0.405 e. The molecule has 1 aliphatic heterocycles. The number of halogens is 3. The lowest BCUT2D eigenvalue weighted by molar-refractivity contribution is -0.123. The number of likely N-dealkylation sites (tertiary alicyclic amines) is 1. The number of rotatable bonds is 8. The average molecular weight is 590 g/mol. The normalized spacial score (nSPS) is 13.5. The van der Waals surface area contributed by atoms with Gasteiger partial charge in [-0.1, -0.05) is 46.2 Å². The van der Waals surface area contributed by atoms with Crippen LogP contribution >= 0.6 is 11.3 Å². The lowest BCUT2D eigenvalue weighted by Gasteiger charge is -2.26. The molecule has 1 amide bonds. The molecule has 0 saturated carbocycles. The Bertz CT molecular complexity index is 1360. The van der Waals surface area contributed by atoms with Crippen LogP contribution in [0.5, 0.6) is 5.75 Å². The Morgan fingerprint density at radius 2 is 1.71 bits per heavy atom. The Hall–Kier alpha value is -3.44. The van der Waals surface area contributed by atoms with E-state index in [4.69, 9.17) is 4.74 Å². The van der Waals surface area contributed by atoms with Gasteiger partial charge in [0.25, 0.3) is 5.91 Å². The summed E-state index contributed by atoms with van der Waals surface area (Å²) in [7, 11) is 0. The molecule has 11 heteroatoms. The molecule has 0 spiro atoms. The predicted molar refractivity (Wildman–Crippen MR) is 159 cm³/mol. The molecule has 3 aromatic heterocycles. The second kappa shape index (κ2) is 15.5. The molecule has 1 fully saturated rings. The maximum absolute atomic E-state index is 12.4. The number of nitrogens with one attached hydrogen (secondary N) is 1. The molecule has 1 aliphatic rings. The Morgan fingerprint density at radius 1 is 1.00 bits per heavy atom. The van der Waals surface area contributed by atoms with E-state index in [2.05, 4.69) is 15.0 Å². The number of thiophene rings is 1. The number of nitrogens with zero attached hydrogens (tertiary/aromatic N) is 4. The van der Waals surface area contributed by atoms with Crippen molar-refractivity contribution in [2.75, 3.05) is 32.8 Å². The number of alkyl halides is 3. The maximum atomic E-state index is 12.4. The highest BCUT2D eigenvalue weighted by Crippen LogP contribution is 2.30. The van der Waals surface area contributed by atoms with Crippen LogP contribution in [0.3, 0.4) is 0 Å². The summed E-state index contributed by atoms with van der Waals surface area (Å²) in [6, 6.07) is 9.40. The highest BCUT2D eigenvalue weighted by molar-refractivity contribution is 7.12. The first-order valence-corrected chi connectivity index (χ1v) is 15.0. The van der Waals surface area contributed by atoms with Crippen LogP contribution in [0.2, 0.25) is 0 Å². The van der Waals surface area contributed by atoms with Crippen molar-refractivity contribution in [2.24, 2.45) is 0 Å². The van der Waals surface area contributed by atoms with Gasteiger partial charge in [0.1, 0.15) is 18.9 Å². The molecule has 4 aromatic rings. The van der Waals surface area contributed by atoms with Crippen LogP contribution in [0.4, 0.5) is 13.2 Å². The summed E-state index contributed by atoms with van der Waals surface area (Å²) in [4.78, 5) is 19.2. The number of piperidine rings is 1. The van der Waals surface area contributed by atoms with Gasteiger partial charge in [0.05, 0.1) is 11.1 Å². The van der Waals surface area contributed by atoms with Crippen molar-refractivity contribution >= 4 is 22.9 Å². The summed E-state index contributed by atoms with van der Waals surface area (Å²) < 4.78 is 44.7. The summed E-state index contributed by atoms with van der Waals surface area (Å²) >= 11 is 1.07. The fraction of sp³-hybridized carbons (Fsp3) is 0.433. The molecule has 0 bridgehead atoms. The monoisotopic (exact) mass is 589 g/mol. The number of benzene rings is 1. The van der Waals surface area contributed by atoms with Crippen molar-refractivity contribution in [3.8, 4) is 28.0 Å². The fourth-order valence-electron chi connectivity index (χ4n) is 4.31. The van der Waals surface area contributed by atoms with Gasteiger partial charge in [-0.05, 0) is 60.6 Å². The SMILES string of the molecule is CC.CC.O=C(NCC(F)(F)F)c1cc(-c2cnn3cc(-c4ccc(OCCN5CCCCC5)cc4)cnc23)cs1. The number of aromatic nitrogens is 3. The van der Waals surface area contributed by atoms with Crippen LogP contribution in [0.15, 0.2) is 54.3 Å². The van der Waals surface area contributed by atoms with Crippen molar-refractivity contribution in [3.05, 3.63) is 59.2 Å². The molecular weight excluding hydrogens is 551 g/mol. The van der Waals surface area contributed by atoms with Crippen molar-refractivity contribution < 1.29 is 22.7 Å². The van der Waals surface area contributed by atoms with Crippen molar-refractivity contribution in [1.82, 2.24) is 24.8 Å². The molecule has 1 aromatic carbocycles. The zero-order valence-corrected chi connectivity index (χ0v) is 24.8. The largest absolute Gasteiger partial charge is 0.492 e. The van der Waals surface area contributed by atoms with Crippen LogP contribution in [0, 0.1) is 0 Å². The van der Waals surface area contributed by atoms with Crippen molar-refractivity contribution in [3.63, 3.8) is 0 Å². The summed E-state index contributed by atoms with van der Waals surface area (Å²) in [5.41, 5.74) is 3.79. The molecule has 0 radical (unpaired) electrons. The van der Waals surface area contributed by atoms with E-state index in [1.807, 2.05) is 63.5 Å². The fourth-order valence-corrected chi connectivity index (χ4v) is 5.13. The van der Waals surface area contributed by atoms with Crippen molar-refractivity contribution in [1.29, 1.82) is 0 Å². The lowest BCUT2D eigenvalue weighted by atomic mass is 10.1.